The van der Waals surface area contributed by atoms with Crippen molar-refractivity contribution in [1.29, 1.82) is 0 Å². The molecule has 0 N–H and O–H groups in total. The molecule has 130 valence electrons. The zero-order valence-electron chi connectivity index (χ0n) is 14.6. The summed E-state index contributed by atoms with van der Waals surface area (Å²) in [7, 11) is 2.02. The van der Waals surface area contributed by atoms with Crippen LogP contribution in [0.15, 0.2) is 33.9 Å². The SMILES string of the molecule is CC(C)c1ccc(-c2noc(CSc3nnc(C4CC4)n3C)n2)cc1. The molecule has 25 heavy (non-hydrogen) atoms. The Labute approximate surface area is 151 Å². The van der Waals surface area contributed by atoms with Gasteiger partial charge in [-0.3, -0.25) is 0 Å². The zero-order chi connectivity index (χ0) is 17.4. The van der Waals surface area contributed by atoms with Crippen molar-refractivity contribution < 1.29 is 4.52 Å². The van der Waals surface area contributed by atoms with E-state index in [1.807, 2.05) is 19.2 Å². The lowest BCUT2D eigenvalue weighted by Crippen LogP contribution is -1.97. The fraction of sp³-hybridized carbons (Fsp3) is 0.444. The summed E-state index contributed by atoms with van der Waals surface area (Å²) in [6.45, 7) is 4.36. The van der Waals surface area contributed by atoms with Crippen LogP contribution in [-0.4, -0.2) is 24.9 Å². The molecule has 1 aliphatic rings. The van der Waals surface area contributed by atoms with Gasteiger partial charge in [-0.15, -0.1) is 10.2 Å². The summed E-state index contributed by atoms with van der Waals surface area (Å²) in [5.74, 6) is 4.01. The van der Waals surface area contributed by atoms with Crippen molar-refractivity contribution in [1.82, 2.24) is 24.9 Å². The molecule has 0 unspecified atom stereocenters. The first kappa shape index (κ1) is 16.3. The standard InChI is InChI=1S/C18H21N5OS/c1-11(2)12-4-6-13(7-5-12)16-19-15(24-22-16)10-25-18-21-20-17(23(18)3)14-8-9-14/h4-7,11,14H,8-10H2,1-3H3. The number of rotatable bonds is 6. The van der Waals surface area contributed by atoms with Gasteiger partial charge in [0.15, 0.2) is 5.16 Å². The number of benzene rings is 1. The Morgan fingerprint density at radius 1 is 1.20 bits per heavy atom. The molecule has 7 heteroatoms. The summed E-state index contributed by atoms with van der Waals surface area (Å²) in [5, 5.41) is 13.5. The molecule has 0 atom stereocenters. The van der Waals surface area contributed by atoms with Gasteiger partial charge < -0.3 is 9.09 Å². The van der Waals surface area contributed by atoms with Gasteiger partial charge in [0, 0.05) is 18.5 Å². The molecule has 1 aromatic carbocycles. The molecule has 1 fully saturated rings. The molecule has 0 spiro atoms. The van der Waals surface area contributed by atoms with Gasteiger partial charge in [0.2, 0.25) is 11.7 Å². The summed E-state index contributed by atoms with van der Waals surface area (Å²) in [4.78, 5) is 4.50. The highest BCUT2D eigenvalue weighted by atomic mass is 32.2. The van der Waals surface area contributed by atoms with Crippen LogP contribution < -0.4 is 0 Å². The minimum Gasteiger partial charge on any atom is -0.338 e. The van der Waals surface area contributed by atoms with E-state index in [2.05, 4.69) is 50.9 Å². The van der Waals surface area contributed by atoms with Gasteiger partial charge in [-0.25, -0.2) is 0 Å². The van der Waals surface area contributed by atoms with Crippen molar-refractivity contribution in [3.05, 3.63) is 41.5 Å². The lowest BCUT2D eigenvalue weighted by Gasteiger charge is -2.04. The predicted molar refractivity (Wildman–Crippen MR) is 96.4 cm³/mol. The number of hydrogen-bond acceptors (Lipinski definition) is 6. The maximum atomic E-state index is 5.39. The average molecular weight is 355 g/mol. The molecule has 0 aliphatic heterocycles. The molecule has 0 saturated heterocycles. The van der Waals surface area contributed by atoms with Crippen molar-refractivity contribution in [3.63, 3.8) is 0 Å². The minimum absolute atomic E-state index is 0.512. The van der Waals surface area contributed by atoms with Crippen LogP contribution in [0.3, 0.4) is 0 Å². The minimum atomic E-state index is 0.512. The largest absolute Gasteiger partial charge is 0.338 e. The van der Waals surface area contributed by atoms with Gasteiger partial charge >= 0.3 is 0 Å². The van der Waals surface area contributed by atoms with Crippen molar-refractivity contribution in [2.75, 3.05) is 0 Å². The Morgan fingerprint density at radius 3 is 2.64 bits per heavy atom. The van der Waals surface area contributed by atoms with E-state index < -0.39 is 0 Å². The van der Waals surface area contributed by atoms with Crippen LogP contribution in [0.1, 0.15) is 55.8 Å². The van der Waals surface area contributed by atoms with Crippen LogP contribution in [0.4, 0.5) is 0 Å². The Morgan fingerprint density at radius 2 is 1.96 bits per heavy atom. The van der Waals surface area contributed by atoms with E-state index in [1.165, 1.54) is 18.4 Å². The summed E-state index contributed by atoms with van der Waals surface area (Å²) in [6, 6.07) is 8.32. The van der Waals surface area contributed by atoms with Crippen molar-refractivity contribution >= 4 is 11.8 Å². The van der Waals surface area contributed by atoms with Gasteiger partial charge in [0.25, 0.3) is 0 Å². The van der Waals surface area contributed by atoms with Gasteiger partial charge in [-0.05, 0) is 24.3 Å². The van der Waals surface area contributed by atoms with Crippen LogP contribution in [0.5, 0.6) is 0 Å². The number of nitrogens with zero attached hydrogens (tertiary/aromatic N) is 5. The molecular weight excluding hydrogens is 334 g/mol. The Kier molecular flexibility index (Phi) is 4.33. The fourth-order valence-corrected chi connectivity index (χ4v) is 3.48. The van der Waals surface area contributed by atoms with E-state index in [-0.39, 0.29) is 0 Å². The van der Waals surface area contributed by atoms with E-state index in [9.17, 15) is 0 Å². The second kappa shape index (κ2) is 6.63. The topological polar surface area (TPSA) is 69.6 Å². The van der Waals surface area contributed by atoms with Gasteiger partial charge in [0.1, 0.15) is 5.82 Å². The molecule has 3 aromatic rings. The normalized spacial score (nSPS) is 14.4. The molecule has 1 aliphatic carbocycles. The Hall–Kier alpha value is -2.15. The quantitative estimate of drug-likeness (QED) is 0.619. The van der Waals surface area contributed by atoms with E-state index in [0.717, 1.165) is 16.5 Å². The molecule has 0 amide bonds. The number of thioether (sulfide) groups is 1. The molecule has 0 bridgehead atoms. The van der Waals surface area contributed by atoms with Gasteiger partial charge in [0.05, 0.1) is 5.75 Å². The third-order valence-electron chi connectivity index (χ3n) is 4.44. The molecule has 2 heterocycles. The van der Waals surface area contributed by atoms with Crippen LogP contribution in [0, 0.1) is 0 Å². The molecule has 1 saturated carbocycles. The molecule has 0 radical (unpaired) electrons. The van der Waals surface area contributed by atoms with Crippen molar-refractivity contribution in [2.24, 2.45) is 7.05 Å². The second-order valence-electron chi connectivity index (χ2n) is 6.75. The third-order valence-corrected chi connectivity index (χ3v) is 5.44. The van der Waals surface area contributed by atoms with E-state index in [0.29, 0.717) is 29.3 Å². The number of hydrogen-bond donors (Lipinski definition) is 0. The molecule has 6 nitrogen and oxygen atoms in total. The van der Waals surface area contributed by atoms with Crippen LogP contribution in [0.2, 0.25) is 0 Å². The lowest BCUT2D eigenvalue weighted by molar-refractivity contribution is 0.391. The maximum Gasteiger partial charge on any atom is 0.237 e. The fourth-order valence-electron chi connectivity index (χ4n) is 2.72. The Bertz CT molecular complexity index is 864. The summed E-state index contributed by atoms with van der Waals surface area (Å²) in [5.41, 5.74) is 2.27. The van der Waals surface area contributed by atoms with Gasteiger partial charge in [-0.1, -0.05) is 55.0 Å². The van der Waals surface area contributed by atoms with Crippen molar-refractivity contribution in [3.8, 4) is 11.4 Å². The third kappa shape index (κ3) is 3.46. The summed E-state index contributed by atoms with van der Waals surface area (Å²) >= 11 is 1.57. The predicted octanol–water partition coefficient (Wildman–Crippen LogP) is 4.16. The zero-order valence-corrected chi connectivity index (χ0v) is 15.5. The highest BCUT2D eigenvalue weighted by Gasteiger charge is 2.29. The lowest BCUT2D eigenvalue weighted by atomic mass is 10.0. The van der Waals surface area contributed by atoms with Crippen LogP contribution in [-0.2, 0) is 12.8 Å². The first-order valence-corrected chi connectivity index (χ1v) is 9.55. The summed E-state index contributed by atoms with van der Waals surface area (Å²) < 4.78 is 7.46. The van der Waals surface area contributed by atoms with Gasteiger partial charge in [-0.2, -0.15) is 4.98 Å². The highest BCUT2D eigenvalue weighted by Crippen LogP contribution is 2.39. The monoisotopic (exact) mass is 355 g/mol. The second-order valence-corrected chi connectivity index (χ2v) is 7.69. The number of aromatic nitrogens is 5. The first-order chi connectivity index (χ1) is 12.1. The molecular formula is C18H21N5OS. The van der Waals surface area contributed by atoms with Crippen LogP contribution in [0.25, 0.3) is 11.4 Å². The van der Waals surface area contributed by atoms with Crippen molar-refractivity contribution in [2.45, 2.75) is 49.4 Å². The van der Waals surface area contributed by atoms with E-state index in [4.69, 9.17) is 4.52 Å². The highest BCUT2D eigenvalue weighted by molar-refractivity contribution is 7.98. The summed E-state index contributed by atoms with van der Waals surface area (Å²) in [6.07, 6.45) is 2.44. The first-order valence-electron chi connectivity index (χ1n) is 8.57. The average Bonchev–Trinajstić information content (AvgIpc) is 3.23. The van der Waals surface area contributed by atoms with E-state index in [1.54, 1.807) is 11.8 Å². The molecule has 2 aromatic heterocycles. The maximum absolute atomic E-state index is 5.39. The Balaban J connectivity index is 1.42. The molecule has 4 rings (SSSR count). The van der Waals surface area contributed by atoms with Crippen LogP contribution >= 0.6 is 11.8 Å². The smallest absolute Gasteiger partial charge is 0.237 e. The van der Waals surface area contributed by atoms with E-state index >= 15 is 0 Å².